The molecule has 0 radical (unpaired) electrons. The summed E-state index contributed by atoms with van der Waals surface area (Å²) < 4.78 is 6.50. The maximum Gasteiger partial charge on any atom is 0.233 e. The molecular weight excluding hydrogens is 446 g/mol. The van der Waals surface area contributed by atoms with Gasteiger partial charge in [-0.15, -0.1) is 10.2 Å². The minimum absolute atomic E-state index is 0.0864. The summed E-state index contributed by atoms with van der Waals surface area (Å²) in [6, 6.07) is 10.1. The maximum absolute atomic E-state index is 12.6. The summed E-state index contributed by atoms with van der Waals surface area (Å²) in [4.78, 5) is 30.9. The van der Waals surface area contributed by atoms with Gasteiger partial charge in [-0.05, 0) is 25.0 Å². The number of hydrogen-bond donors (Lipinski definition) is 0. The average Bonchev–Trinajstić information content (AvgIpc) is 3.55. The van der Waals surface area contributed by atoms with Crippen LogP contribution in [0.5, 0.6) is 5.75 Å². The van der Waals surface area contributed by atoms with Gasteiger partial charge in [-0.2, -0.15) is 0 Å². The molecule has 172 valence electrons. The van der Waals surface area contributed by atoms with Crippen LogP contribution in [0, 0.1) is 0 Å². The van der Waals surface area contributed by atoms with E-state index >= 15 is 0 Å². The van der Waals surface area contributed by atoms with Crippen LogP contribution in [-0.2, 0) is 9.59 Å². The van der Waals surface area contributed by atoms with Gasteiger partial charge in [0.2, 0.25) is 16.9 Å². The topological polar surface area (TPSA) is 78.9 Å². The number of carbonyl (C=O) groups is 2. The summed E-state index contributed by atoms with van der Waals surface area (Å²) >= 11 is 2.81. The Hall–Kier alpha value is -2.17. The average molecular weight is 476 g/mol. The summed E-state index contributed by atoms with van der Waals surface area (Å²) in [5, 5.41) is 9.06. The number of rotatable bonds is 10. The largest absolute Gasteiger partial charge is 0.492 e. The first kappa shape index (κ1) is 23.0. The molecule has 1 aromatic heterocycles. The fourth-order valence-corrected chi connectivity index (χ4v) is 5.41. The molecule has 2 heterocycles. The summed E-state index contributed by atoms with van der Waals surface area (Å²) in [5.41, 5.74) is 0. The van der Waals surface area contributed by atoms with Gasteiger partial charge in [-0.1, -0.05) is 48.2 Å². The lowest BCUT2D eigenvalue weighted by molar-refractivity contribution is -0.130. The van der Waals surface area contributed by atoms with Crippen LogP contribution >= 0.6 is 23.1 Å². The molecule has 0 bridgehead atoms. The third kappa shape index (κ3) is 6.20. The summed E-state index contributed by atoms with van der Waals surface area (Å²) in [6.45, 7) is 6.53. The van der Waals surface area contributed by atoms with Gasteiger partial charge < -0.3 is 9.64 Å². The summed E-state index contributed by atoms with van der Waals surface area (Å²) in [6.07, 6.45) is 2.51. The third-order valence-corrected chi connectivity index (χ3v) is 7.59. The Morgan fingerprint density at radius 2 is 1.91 bits per heavy atom. The van der Waals surface area contributed by atoms with Crippen molar-refractivity contribution in [3.05, 3.63) is 30.3 Å². The molecule has 2 aromatic rings. The number of ether oxygens (including phenoxy) is 1. The van der Waals surface area contributed by atoms with Gasteiger partial charge in [-0.25, -0.2) is 0 Å². The highest BCUT2D eigenvalue weighted by Gasteiger charge is 2.35. The van der Waals surface area contributed by atoms with Gasteiger partial charge in [0.1, 0.15) is 12.4 Å². The van der Waals surface area contributed by atoms with E-state index in [9.17, 15) is 9.59 Å². The maximum atomic E-state index is 12.6. The molecule has 10 heteroatoms. The van der Waals surface area contributed by atoms with Crippen molar-refractivity contribution >= 4 is 40.0 Å². The summed E-state index contributed by atoms with van der Waals surface area (Å²) in [5.74, 6) is 1.44. The normalized spacial score (nSPS) is 16.7. The number of anilines is 1. The molecule has 2 amide bonds. The molecule has 8 nitrogen and oxygen atoms in total. The van der Waals surface area contributed by atoms with Crippen molar-refractivity contribution in [2.24, 2.45) is 0 Å². The lowest BCUT2D eigenvalue weighted by Gasteiger charge is -2.34. The lowest BCUT2D eigenvalue weighted by atomic mass is 10.3. The fraction of sp³-hybridized carbons (Fsp3) is 0.545. The Balaban J connectivity index is 1.17. The van der Waals surface area contributed by atoms with E-state index < -0.39 is 0 Å². The van der Waals surface area contributed by atoms with Gasteiger partial charge in [0, 0.05) is 45.2 Å². The molecule has 4 rings (SSSR count). The number of carbonyl (C=O) groups excluding carboxylic acids is 2. The number of thioether (sulfide) groups is 1. The van der Waals surface area contributed by atoms with Crippen LogP contribution < -0.4 is 9.64 Å². The van der Waals surface area contributed by atoms with Gasteiger partial charge in [-0.3, -0.25) is 19.4 Å². The van der Waals surface area contributed by atoms with E-state index in [0.717, 1.165) is 55.7 Å². The quantitative estimate of drug-likeness (QED) is 0.386. The predicted octanol–water partition coefficient (Wildman–Crippen LogP) is 2.76. The molecule has 1 saturated carbocycles. The number of nitrogens with zero attached hydrogens (tertiary/aromatic N) is 5. The first-order valence-corrected chi connectivity index (χ1v) is 12.9. The minimum atomic E-state index is 0.0864. The van der Waals surface area contributed by atoms with Crippen LogP contribution in [0.25, 0.3) is 0 Å². The van der Waals surface area contributed by atoms with E-state index in [4.69, 9.17) is 4.74 Å². The van der Waals surface area contributed by atoms with Crippen molar-refractivity contribution < 1.29 is 14.3 Å². The lowest BCUT2D eigenvalue weighted by Crippen LogP contribution is -2.50. The van der Waals surface area contributed by atoms with Crippen LogP contribution in [0.15, 0.2) is 34.7 Å². The second-order valence-electron chi connectivity index (χ2n) is 7.87. The number of hydrogen-bond acceptors (Lipinski definition) is 8. The molecule has 0 unspecified atom stereocenters. The summed E-state index contributed by atoms with van der Waals surface area (Å²) in [7, 11) is 0. The van der Waals surface area contributed by atoms with E-state index in [1.807, 2.05) is 42.2 Å². The van der Waals surface area contributed by atoms with Crippen molar-refractivity contribution in [3.8, 4) is 5.75 Å². The fourth-order valence-electron chi connectivity index (χ4n) is 3.57. The van der Waals surface area contributed by atoms with Gasteiger partial charge in [0.25, 0.3) is 0 Å². The molecule has 1 aromatic carbocycles. The Morgan fingerprint density at radius 1 is 1.16 bits per heavy atom. The third-order valence-electron chi connectivity index (χ3n) is 5.55. The zero-order valence-corrected chi connectivity index (χ0v) is 19.9. The van der Waals surface area contributed by atoms with E-state index in [1.54, 1.807) is 4.90 Å². The van der Waals surface area contributed by atoms with Crippen LogP contribution in [0.4, 0.5) is 5.13 Å². The zero-order valence-electron chi connectivity index (χ0n) is 18.3. The van der Waals surface area contributed by atoms with Gasteiger partial charge >= 0.3 is 0 Å². The van der Waals surface area contributed by atoms with Crippen LogP contribution in [0.3, 0.4) is 0 Å². The first-order chi connectivity index (χ1) is 15.6. The second kappa shape index (κ2) is 11.1. The SMILES string of the molecule is CCC(=O)N(c1nnc(SCC(=O)N2CCN(CCOc3ccccc3)CC2)s1)C1CC1. The Morgan fingerprint density at radius 3 is 2.59 bits per heavy atom. The van der Waals surface area contributed by atoms with Crippen molar-refractivity contribution in [1.82, 2.24) is 20.0 Å². The second-order valence-corrected chi connectivity index (χ2v) is 10.1. The van der Waals surface area contributed by atoms with Gasteiger partial charge in [0.15, 0.2) is 4.34 Å². The molecule has 1 aliphatic carbocycles. The molecule has 0 N–H and O–H groups in total. The highest BCUT2D eigenvalue weighted by Crippen LogP contribution is 2.36. The standard InChI is InChI=1S/C22H29N5O3S2/c1-2-19(28)27(17-8-9-17)21-23-24-22(32-21)31-16-20(29)26-12-10-25(11-13-26)14-15-30-18-6-4-3-5-7-18/h3-7,17H,2,8-16H2,1H3. The molecule has 2 aliphatic rings. The molecular formula is C22H29N5O3S2. The molecule has 1 saturated heterocycles. The number of piperazine rings is 1. The van der Waals surface area contributed by atoms with Crippen LogP contribution in [-0.4, -0.2) is 82.9 Å². The van der Waals surface area contributed by atoms with Crippen molar-refractivity contribution in [1.29, 1.82) is 0 Å². The number of benzene rings is 1. The first-order valence-electron chi connectivity index (χ1n) is 11.1. The smallest absolute Gasteiger partial charge is 0.233 e. The number of aromatic nitrogens is 2. The van der Waals surface area contributed by atoms with Crippen LogP contribution in [0.2, 0.25) is 0 Å². The van der Waals surface area contributed by atoms with E-state index in [1.165, 1.54) is 23.1 Å². The Labute approximate surface area is 196 Å². The molecule has 0 spiro atoms. The van der Waals surface area contributed by atoms with Gasteiger partial charge in [0.05, 0.1) is 5.75 Å². The van der Waals surface area contributed by atoms with Crippen LogP contribution in [0.1, 0.15) is 26.2 Å². The molecule has 0 atom stereocenters. The van der Waals surface area contributed by atoms with E-state index in [2.05, 4.69) is 15.1 Å². The highest BCUT2D eigenvalue weighted by molar-refractivity contribution is 8.01. The van der Waals surface area contributed by atoms with Crippen molar-refractivity contribution in [2.45, 2.75) is 36.6 Å². The number of para-hydroxylation sites is 1. The zero-order chi connectivity index (χ0) is 22.3. The molecule has 2 fully saturated rings. The Bertz CT molecular complexity index is 898. The predicted molar refractivity (Wildman–Crippen MR) is 126 cm³/mol. The van der Waals surface area contributed by atoms with E-state index in [-0.39, 0.29) is 17.9 Å². The van der Waals surface area contributed by atoms with Crippen molar-refractivity contribution in [2.75, 3.05) is 50.0 Å². The molecule has 1 aliphatic heterocycles. The van der Waals surface area contributed by atoms with E-state index in [0.29, 0.717) is 23.9 Å². The monoisotopic (exact) mass is 475 g/mol. The molecule has 32 heavy (non-hydrogen) atoms. The highest BCUT2D eigenvalue weighted by atomic mass is 32.2. The van der Waals surface area contributed by atoms with Crippen molar-refractivity contribution in [3.63, 3.8) is 0 Å². The minimum Gasteiger partial charge on any atom is -0.492 e. The number of amides is 2. The Kier molecular flexibility index (Phi) is 7.99.